The summed E-state index contributed by atoms with van der Waals surface area (Å²) in [6.07, 6.45) is 12.0. The van der Waals surface area contributed by atoms with Gasteiger partial charge in [-0.2, -0.15) is 0 Å². The lowest BCUT2D eigenvalue weighted by molar-refractivity contribution is -0.120. The second-order valence-corrected chi connectivity index (χ2v) is 4.52. The summed E-state index contributed by atoms with van der Waals surface area (Å²) in [5, 5.41) is 0. The normalized spacial score (nSPS) is 46.6. The number of ketones is 1. The number of allylic oxidation sites excluding steroid dienone is 4. The van der Waals surface area contributed by atoms with Crippen molar-refractivity contribution in [2.24, 2.45) is 23.7 Å². The minimum Gasteiger partial charge on any atom is -0.295 e. The smallest absolute Gasteiger partial charge is 0.159 e. The van der Waals surface area contributed by atoms with Crippen molar-refractivity contribution in [2.75, 3.05) is 0 Å². The minimum absolute atomic E-state index is 0.341. The molecule has 4 atom stereocenters. The average Bonchev–Trinajstić information content (AvgIpc) is 2.66. The summed E-state index contributed by atoms with van der Waals surface area (Å²) in [7, 11) is 0. The van der Waals surface area contributed by atoms with Crippen molar-refractivity contribution in [3.05, 3.63) is 24.3 Å². The molecular weight excluding hydrogens is 160 g/mol. The number of hydrogen-bond donors (Lipinski definition) is 0. The molecule has 0 aliphatic heterocycles. The van der Waals surface area contributed by atoms with E-state index in [1.54, 1.807) is 0 Å². The lowest BCUT2D eigenvalue weighted by Gasteiger charge is -2.24. The first-order valence-electron chi connectivity index (χ1n) is 5.25. The van der Waals surface area contributed by atoms with Crippen molar-refractivity contribution in [3.63, 3.8) is 0 Å². The zero-order valence-corrected chi connectivity index (χ0v) is 7.65. The first-order valence-corrected chi connectivity index (χ1v) is 5.25. The van der Waals surface area contributed by atoms with Crippen LogP contribution in [-0.2, 0) is 4.79 Å². The first kappa shape index (κ1) is 7.54. The number of hydrogen-bond acceptors (Lipinski definition) is 1. The van der Waals surface area contributed by atoms with Crippen LogP contribution in [-0.4, -0.2) is 5.78 Å². The molecule has 0 aromatic heterocycles. The van der Waals surface area contributed by atoms with E-state index in [1.807, 2.05) is 6.08 Å². The third-order valence-corrected chi connectivity index (χ3v) is 3.90. The number of fused-ring (bicyclic) bond motifs is 5. The molecule has 3 rings (SSSR count). The summed E-state index contributed by atoms with van der Waals surface area (Å²) in [4.78, 5) is 11.8. The molecule has 13 heavy (non-hydrogen) atoms. The zero-order chi connectivity index (χ0) is 8.84. The second kappa shape index (κ2) is 2.57. The van der Waals surface area contributed by atoms with Crippen LogP contribution in [0.25, 0.3) is 0 Å². The van der Waals surface area contributed by atoms with Crippen molar-refractivity contribution in [1.82, 2.24) is 0 Å². The molecular formula is C12H14O. The molecule has 68 valence electrons. The van der Waals surface area contributed by atoms with E-state index in [0.29, 0.717) is 23.5 Å². The Morgan fingerprint density at radius 3 is 3.00 bits per heavy atom. The Balaban J connectivity index is 1.98. The highest BCUT2D eigenvalue weighted by atomic mass is 16.1. The van der Waals surface area contributed by atoms with Gasteiger partial charge in [0.15, 0.2) is 5.78 Å². The first-order chi connectivity index (χ1) is 6.36. The van der Waals surface area contributed by atoms with E-state index in [9.17, 15) is 4.79 Å². The fraction of sp³-hybridized carbons (Fsp3) is 0.583. The Bertz CT molecular complexity index is 300. The van der Waals surface area contributed by atoms with Crippen LogP contribution < -0.4 is 0 Å². The molecule has 4 unspecified atom stereocenters. The molecule has 3 aliphatic rings. The van der Waals surface area contributed by atoms with Crippen LogP contribution in [0.5, 0.6) is 0 Å². The molecule has 0 spiro atoms. The van der Waals surface area contributed by atoms with Gasteiger partial charge in [0.25, 0.3) is 0 Å². The van der Waals surface area contributed by atoms with Gasteiger partial charge in [-0.05, 0) is 43.1 Å². The van der Waals surface area contributed by atoms with Crippen LogP contribution in [0.3, 0.4) is 0 Å². The standard InChI is InChI=1S/C12H14O/c13-11-4-2-1-3-10-8-5-6-9(7-8)12(10)11/h2,4-6,8-10,12H,1,3,7H2. The van der Waals surface area contributed by atoms with E-state index >= 15 is 0 Å². The summed E-state index contributed by atoms with van der Waals surface area (Å²) in [5.74, 6) is 2.69. The second-order valence-electron chi connectivity index (χ2n) is 4.52. The molecule has 1 heteroatoms. The van der Waals surface area contributed by atoms with Crippen molar-refractivity contribution in [1.29, 1.82) is 0 Å². The van der Waals surface area contributed by atoms with Crippen molar-refractivity contribution >= 4 is 5.78 Å². The largest absolute Gasteiger partial charge is 0.295 e. The predicted molar refractivity (Wildman–Crippen MR) is 51.1 cm³/mol. The maximum atomic E-state index is 11.8. The third-order valence-electron chi connectivity index (χ3n) is 3.90. The Hall–Kier alpha value is -0.850. The molecule has 2 bridgehead atoms. The van der Waals surface area contributed by atoms with Crippen LogP contribution in [0.15, 0.2) is 24.3 Å². The van der Waals surface area contributed by atoms with E-state index < -0.39 is 0 Å². The zero-order valence-electron chi connectivity index (χ0n) is 7.65. The van der Waals surface area contributed by atoms with Crippen LogP contribution in [0.1, 0.15) is 19.3 Å². The lowest BCUT2D eigenvalue weighted by atomic mass is 9.79. The molecule has 1 fully saturated rings. The fourth-order valence-electron chi connectivity index (χ4n) is 3.34. The van der Waals surface area contributed by atoms with E-state index in [1.165, 1.54) is 12.8 Å². The summed E-state index contributed by atoms with van der Waals surface area (Å²) in [5.41, 5.74) is 0. The molecule has 0 radical (unpaired) electrons. The van der Waals surface area contributed by atoms with Gasteiger partial charge in [0.1, 0.15) is 0 Å². The van der Waals surface area contributed by atoms with Gasteiger partial charge in [-0.25, -0.2) is 0 Å². The number of rotatable bonds is 0. The average molecular weight is 174 g/mol. The molecule has 0 amide bonds. The van der Waals surface area contributed by atoms with Gasteiger partial charge in [0.2, 0.25) is 0 Å². The quantitative estimate of drug-likeness (QED) is 0.515. The Kier molecular flexibility index (Phi) is 1.49. The van der Waals surface area contributed by atoms with E-state index in [4.69, 9.17) is 0 Å². The monoisotopic (exact) mass is 174 g/mol. The van der Waals surface area contributed by atoms with Gasteiger partial charge in [-0.3, -0.25) is 4.79 Å². The van der Waals surface area contributed by atoms with E-state index in [0.717, 1.165) is 12.3 Å². The van der Waals surface area contributed by atoms with Crippen LogP contribution in [0.4, 0.5) is 0 Å². The highest BCUT2D eigenvalue weighted by Crippen LogP contribution is 2.50. The van der Waals surface area contributed by atoms with Gasteiger partial charge in [-0.1, -0.05) is 18.2 Å². The highest BCUT2D eigenvalue weighted by molar-refractivity contribution is 5.93. The van der Waals surface area contributed by atoms with Crippen molar-refractivity contribution in [3.8, 4) is 0 Å². The van der Waals surface area contributed by atoms with Gasteiger partial charge in [-0.15, -0.1) is 0 Å². The molecule has 0 aromatic carbocycles. The highest BCUT2D eigenvalue weighted by Gasteiger charge is 2.46. The molecule has 0 N–H and O–H groups in total. The molecule has 0 heterocycles. The summed E-state index contributed by atoms with van der Waals surface area (Å²) in [6, 6.07) is 0. The fourth-order valence-corrected chi connectivity index (χ4v) is 3.34. The Morgan fingerprint density at radius 2 is 2.08 bits per heavy atom. The van der Waals surface area contributed by atoms with Gasteiger partial charge in [0.05, 0.1) is 0 Å². The van der Waals surface area contributed by atoms with Gasteiger partial charge in [0, 0.05) is 5.92 Å². The van der Waals surface area contributed by atoms with Crippen LogP contribution in [0, 0.1) is 23.7 Å². The molecule has 1 nitrogen and oxygen atoms in total. The summed E-state index contributed by atoms with van der Waals surface area (Å²) in [6.45, 7) is 0. The summed E-state index contributed by atoms with van der Waals surface area (Å²) < 4.78 is 0. The van der Waals surface area contributed by atoms with Crippen molar-refractivity contribution < 1.29 is 4.79 Å². The van der Waals surface area contributed by atoms with Crippen LogP contribution >= 0.6 is 0 Å². The van der Waals surface area contributed by atoms with Crippen molar-refractivity contribution in [2.45, 2.75) is 19.3 Å². The number of carbonyl (C=O) groups is 1. The molecule has 0 saturated heterocycles. The van der Waals surface area contributed by atoms with E-state index in [-0.39, 0.29) is 0 Å². The van der Waals surface area contributed by atoms with Gasteiger partial charge < -0.3 is 0 Å². The predicted octanol–water partition coefficient (Wildman–Crippen LogP) is 2.34. The number of carbonyl (C=O) groups excluding carboxylic acids is 1. The Morgan fingerprint density at radius 1 is 1.23 bits per heavy atom. The lowest BCUT2D eigenvalue weighted by Crippen LogP contribution is -2.25. The van der Waals surface area contributed by atoms with Gasteiger partial charge >= 0.3 is 0 Å². The minimum atomic E-state index is 0.341. The maximum absolute atomic E-state index is 11.8. The SMILES string of the molecule is O=C1C=CCCC2C3C=CC(C3)C12. The molecule has 3 aliphatic carbocycles. The molecule has 1 saturated carbocycles. The third kappa shape index (κ3) is 0.962. The Labute approximate surface area is 78.5 Å². The van der Waals surface area contributed by atoms with E-state index in [2.05, 4.69) is 18.2 Å². The topological polar surface area (TPSA) is 17.1 Å². The summed E-state index contributed by atoms with van der Waals surface area (Å²) >= 11 is 0. The van der Waals surface area contributed by atoms with Crippen LogP contribution in [0.2, 0.25) is 0 Å². The molecule has 0 aromatic rings. The maximum Gasteiger partial charge on any atom is 0.159 e.